The quantitative estimate of drug-likeness (QED) is 0.637. The van der Waals surface area contributed by atoms with Gasteiger partial charge in [-0.2, -0.15) is 0 Å². The summed E-state index contributed by atoms with van der Waals surface area (Å²) in [4.78, 5) is 23.3. The molecule has 0 fully saturated rings. The van der Waals surface area contributed by atoms with Crippen molar-refractivity contribution < 1.29 is 24.0 Å². The topological polar surface area (TPSA) is 72.8 Å². The fourth-order valence-electron chi connectivity index (χ4n) is 2.50. The zero-order chi connectivity index (χ0) is 15.4. The van der Waals surface area contributed by atoms with Crippen LogP contribution in [0.2, 0.25) is 5.82 Å². The van der Waals surface area contributed by atoms with Crippen molar-refractivity contribution in [2.75, 3.05) is 13.2 Å². The van der Waals surface area contributed by atoms with Gasteiger partial charge < -0.3 is 14.4 Å². The fourth-order valence-corrected chi connectivity index (χ4v) is 2.50. The van der Waals surface area contributed by atoms with E-state index < -0.39 is 7.12 Å². The van der Waals surface area contributed by atoms with E-state index in [-0.39, 0.29) is 30.4 Å². The van der Waals surface area contributed by atoms with Crippen LogP contribution >= 0.6 is 0 Å². The van der Waals surface area contributed by atoms with E-state index in [1.165, 1.54) is 6.92 Å². The highest BCUT2D eigenvalue weighted by atomic mass is 16.5. The van der Waals surface area contributed by atoms with Gasteiger partial charge in [0.2, 0.25) is 0 Å². The van der Waals surface area contributed by atoms with Crippen LogP contribution in [0.15, 0.2) is 18.2 Å². The Morgan fingerprint density at radius 2 is 2.24 bits per heavy atom. The molecule has 0 aromatic heterocycles. The summed E-state index contributed by atoms with van der Waals surface area (Å²) < 4.78 is 10.6. The number of hydrogen-bond donors (Lipinski definition) is 1. The minimum Gasteiger partial charge on any atom is -0.535 e. The SMILES string of the molecule is CCOCC(=O)C[C@H]1Cc2cccc(C(C)=O)c2OB1O. The summed E-state index contributed by atoms with van der Waals surface area (Å²) in [5.74, 6) is -0.0423. The number of carbonyl (C=O) groups is 2. The lowest BCUT2D eigenvalue weighted by Gasteiger charge is -2.28. The average Bonchev–Trinajstić information content (AvgIpc) is 2.45. The third-order valence-corrected chi connectivity index (χ3v) is 3.56. The highest BCUT2D eigenvalue weighted by Gasteiger charge is 2.37. The Morgan fingerprint density at radius 3 is 2.90 bits per heavy atom. The van der Waals surface area contributed by atoms with Crippen molar-refractivity contribution >= 4 is 18.7 Å². The van der Waals surface area contributed by atoms with Crippen molar-refractivity contribution in [2.45, 2.75) is 32.5 Å². The molecule has 6 heteroatoms. The molecular formula is C15H19BO5. The maximum atomic E-state index is 11.8. The predicted molar refractivity (Wildman–Crippen MR) is 78.6 cm³/mol. The standard InChI is InChI=1S/C15H19BO5/c1-3-20-9-13(18)8-12-7-11-5-4-6-14(10(2)17)15(11)21-16(12)19/h4-6,12,19H,3,7-9H2,1-2H3/t12-/m1/s1. The maximum Gasteiger partial charge on any atom is 0.526 e. The van der Waals surface area contributed by atoms with E-state index >= 15 is 0 Å². The molecule has 1 aromatic rings. The Morgan fingerprint density at radius 1 is 1.48 bits per heavy atom. The molecule has 0 saturated carbocycles. The molecule has 0 saturated heterocycles. The van der Waals surface area contributed by atoms with Gasteiger partial charge in [-0.05, 0) is 31.9 Å². The van der Waals surface area contributed by atoms with Gasteiger partial charge >= 0.3 is 7.12 Å². The second-order valence-corrected chi connectivity index (χ2v) is 5.20. The summed E-state index contributed by atoms with van der Waals surface area (Å²) in [5, 5.41) is 10.1. The van der Waals surface area contributed by atoms with Gasteiger partial charge in [0.05, 0.1) is 5.56 Å². The Bertz CT molecular complexity index is 543. The van der Waals surface area contributed by atoms with Crippen molar-refractivity contribution in [3.63, 3.8) is 0 Å². The number of fused-ring (bicyclic) bond motifs is 1. The molecule has 0 radical (unpaired) electrons. The van der Waals surface area contributed by atoms with Crippen molar-refractivity contribution in [1.29, 1.82) is 0 Å². The van der Waals surface area contributed by atoms with Gasteiger partial charge in [-0.1, -0.05) is 12.1 Å². The lowest BCUT2D eigenvalue weighted by molar-refractivity contribution is -0.123. The van der Waals surface area contributed by atoms with Crippen LogP contribution in [0.5, 0.6) is 5.75 Å². The number of carbonyl (C=O) groups excluding carboxylic acids is 2. The van der Waals surface area contributed by atoms with Crippen LogP contribution in [0.1, 0.15) is 36.2 Å². The summed E-state index contributed by atoms with van der Waals surface area (Å²) in [7, 11) is -1.08. The van der Waals surface area contributed by atoms with Crippen LogP contribution in [0.25, 0.3) is 0 Å². The lowest BCUT2D eigenvalue weighted by atomic mass is 9.64. The van der Waals surface area contributed by atoms with Crippen LogP contribution in [-0.4, -0.2) is 36.9 Å². The number of benzene rings is 1. The zero-order valence-electron chi connectivity index (χ0n) is 12.3. The number of Topliss-reactive ketones (excluding diaryl/α,β-unsaturated/α-hetero) is 2. The monoisotopic (exact) mass is 290 g/mol. The molecule has 1 aliphatic rings. The van der Waals surface area contributed by atoms with Gasteiger partial charge in [0, 0.05) is 18.8 Å². The van der Waals surface area contributed by atoms with Crippen molar-refractivity contribution in [1.82, 2.24) is 0 Å². The van der Waals surface area contributed by atoms with E-state index in [0.717, 1.165) is 5.56 Å². The third kappa shape index (κ3) is 3.71. The maximum absolute atomic E-state index is 11.8. The molecule has 1 heterocycles. The average molecular weight is 290 g/mol. The second kappa shape index (κ2) is 6.87. The Balaban J connectivity index is 2.12. The van der Waals surface area contributed by atoms with Crippen molar-refractivity contribution in [3.8, 4) is 5.75 Å². The largest absolute Gasteiger partial charge is 0.535 e. The normalized spacial score (nSPS) is 17.1. The Kier molecular flexibility index (Phi) is 5.14. The van der Waals surface area contributed by atoms with E-state index in [2.05, 4.69) is 0 Å². The molecule has 5 nitrogen and oxygen atoms in total. The third-order valence-electron chi connectivity index (χ3n) is 3.56. The van der Waals surface area contributed by atoms with E-state index in [0.29, 0.717) is 24.3 Å². The molecule has 1 aromatic carbocycles. The number of hydrogen-bond acceptors (Lipinski definition) is 5. The summed E-state index contributed by atoms with van der Waals surface area (Å²) >= 11 is 0. The second-order valence-electron chi connectivity index (χ2n) is 5.20. The molecule has 0 amide bonds. The first-order valence-electron chi connectivity index (χ1n) is 7.10. The summed E-state index contributed by atoms with van der Waals surface area (Å²) in [6, 6.07) is 5.32. The summed E-state index contributed by atoms with van der Waals surface area (Å²) in [6.45, 7) is 3.83. The van der Waals surface area contributed by atoms with Crippen LogP contribution in [0.4, 0.5) is 0 Å². The van der Waals surface area contributed by atoms with Crippen molar-refractivity contribution in [3.05, 3.63) is 29.3 Å². The molecule has 0 unspecified atom stereocenters. The minimum atomic E-state index is -1.08. The van der Waals surface area contributed by atoms with E-state index in [1.54, 1.807) is 12.1 Å². The van der Waals surface area contributed by atoms with Crippen LogP contribution < -0.4 is 4.65 Å². The molecule has 1 aliphatic heterocycles. The highest BCUT2D eigenvalue weighted by Crippen LogP contribution is 2.36. The number of ketones is 2. The molecule has 0 aliphatic carbocycles. The van der Waals surface area contributed by atoms with Gasteiger partial charge in [0.15, 0.2) is 11.6 Å². The highest BCUT2D eigenvalue weighted by molar-refractivity contribution is 6.47. The van der Waals surface area contributed by atoms with Crippen molar-refractivity contribution in [2.24, 2.45) is 0 Å². The van der Waals surface area contributed by atoms with Gasteiger partial charge in [-0.25, -0.2) is 0 Å². The smallest absolute Gasteiger partial charge is 0.526 e. The summed E-state index contributed by atoms with van der Waals surface area (Å²) in [5.41, 5.74) is 1.31. The molecule has 21 heavy (non-hydrogen) atoms. The molecule has 112 valence electrons. The van der Waals surface area contributed by atoms with Crippen LogP contribution in [-0.2, 0) is 16.0 Å². The van der Waals surface area contributed by atoms with Gasteiger partial charge in [-0.15, -0.1) is 0 Å². The summed E-state index contributed by atoms with van der Waals surface area (Å²) in [6.07, 6.45) is 0.709. The molecule has 1 N–H and O–H groups in total. The van der Waals surface area contributed by atoms with E-state index in [9.17, 15) is 14.6 Å². The van der Waals surface area contributed by atoms with Crippen LogP contribution in [0, 0.1) is 0 Å². The van der Waals surface area contributed by atoms with E-state index in [4.69, 9.17) is 9.39 Å². The number of rotatable bonds is 6. The first-order valence-corrected chi connectivity index (χ1v) is 7.10. The lowest BCUT2D eigenvalue weighted by Crippen LogP contribution is -2.36. The van der Waals surface area contributed by atoms with E-state index in [1.807, 2.05) is 13.0 Å². The Hall–Kier alpha value is -1.66. The van der Waals surface area contributed by atoms with Gasteiger partial charge in [-0.3, -0.25) is 9.59 Å². The molecule has 0 spiro atoms. The minimum absolute atomic E-state index is 0.0556. The van der Waals surface area contributed by atoms with Crippen LogP contribution in [0.3, 0.4) is 0 Å². The molecular weight excluding hydrogens is 271 g/mol. The zero-order valence-corrected chi connectivity index (χ0v) is 12.3. The molecule has 1 atom stereocenters. The number of para-hydroxylation sites is 1. The first-order chi connectivity index (χ1) is 10.0. The first kappa shape index (κ1) is 15.7. The van der Waals surface area contributed by atoms with Gasteiger partial charge in [0.25, 0.3) is 0 Å². The number of ether oxygens (including phenoxy) is 1. The van der Waals surface area contributed by atoms with Gasteiger partial charge in [0.1, 0.15) is 12.4 Å². The molecule has 0 bridgehead atoms. The predicted octanol–water partition coefficient (Wildman–Crippen LogP) is 1.67. The molecule has 2 rings (SSSR count). The fraction of sp³-hybridized carbons (Fsp3) is 0.467. The Labute approximate surface area is 124 Å².